The molecule has 0 fully saturated rings. The number of nitrogens with one attached hydrogen (secondary N) is 25. The van der Waals surface area contributed by atoms with E-state index in [4.69, 9.17) is 71.9 Å². The van der Waals surface area contributed by atoms with E-state index in [2.05, 4.69) is 132 Å². The Morgan fingerprint density at radius 2 is 0.688 bits per heavy atom. The van der Waals surface area contributed by atoms with Gasteiger partial charge in [0.2, 0.25) is 94.5 Å². The molecule has 0 heterocycles. The number of primary amides is 1. The monoisotopic (exact) mass is 2080 g/mol. The van der Waals surface area contributed by atoms with E-state index in [9.17, 15) is 102 Å². The van der Waals surface area contributed by atoms with Gasteiger partial charge in [0.05, 0.1) is 38.2 Å². The Labute approximate surface area is 846 Å². The van der Waals surface area contributed by atoms with Crippen molar-refractivity contribution < 1.29 is 107 Å². The molecule has 0 saturated carbocycles. The second-order valence-corrected chi connectivity index (χ2v) is 35.5. The number of phenols is 2. The second-order valence-electron chi connectivity index (χ2n) is 33.8. The summed E-state index contributed by atoms with van der Waals surface area (Å²) in [5, 5.41) is 128. The van der Waals surface area contributed by atoms with Crippen molar-refractivity contribution in [3.05, 3.63) is 95.6 Å². The first kappa shape index (κ1) is 124. The lowest BCUT2D eigenvalue weighted by molar-refractivity contribution is -0.142. The number of carboxylic acid groups (broad SMARTS) is 1. The van der Waals surface area contributed by atoms with Gasteiger partial charge >= 0.3 is 5.97 Å². The predicted molar refractivity (Wildman–Crippen MR) is 538 cm³/mol. The van der Waals surface area contributed by atoms with Gasteiger partial charge in [-0.05, 0) is 130 Å². The number of rotatable bonds is 68. The summed E-state index contributed by atoms with van der Waals surface area (Å²) >= 11 is 9.58. The maximum atomic E-state index is 14.9. The molecule has 0 aliphatic carbocycles. The molecule has 0 spiro atoms. The number of phenolic OH excluding ortho intramolecular Hbond substituents is 2. The van der Waals surface area contributed by atoms with E-state index < -0.39 is 258 Å². The SMILES string of the molecule is CC(C)[C@H](NC(=O)[C@H](CCCNC(=N)N)NC(=O)[C@H](CSCOCc1ccccc1)NC(=O)[C@@H](N)Cc1ccc(O)cc1)C(=O)N[C@@H](CC(N)=O)C(=O)NCC(=O)N[C@@H](C)C(=O)N[C@@H](CCCNC(=N)N)C(=O)N[C@@H](Cc1ccc(O)cc1)C(=O)N[C@H](C(=O)N[C@@H](CCCNC(=N)N)C(=O)N[C@@H](CS)C(=O)N[C@@H](CS)C(=O)N[C@@H](CO)C(=O)N[C@@H](CCCNC(=N)N)C(=O)N[C@@H](CCCNC(=N)N)C(=O)O)C(C)C. The number of thioether (sulfide) groups is 1. The predicted octanol–water partition coefficient (Wildman–Crippen LogP) is -9.52. The van der Waals surface area contributed by atoms with E-state index in [0.717, 1.165) is 17.3 Å². The van der Waals surface area contributed by atoms with Gasteiger partial charge < -0.3 is 172 Å². The van der Waals surface area contributed by atoms with Gasteiger partial charge in [-0.3, -0.25) is 104 Å². The number of hydrogen-bond donors (Lipinski definition) is 38. The summed E-state index contributed by atoms with van der Waals surface area (Å²) in [5.74, 6) is -23.0. The van der Waals surface area contributed by atoms with Gasteiger partial charge in [-0.1, -0.05) is 82.3 Å². The highest BCUT2D eigenvalue weighted by molar-refractivity contribution is 7.99. The molecule has 0 saturated heterocycles. The number of aliphatic hydroxyl groups excluding tert-OH is 1. The van der Waals surface area contributed by atoms with Crippen molar-refractivity contribution in [2.75, 3.05) is 69.1 Å². The molecule has 0 bridgehead atoms. The molecule has 43 N–H and O–H groups in total. The van der Waals surface area contributed by atoms with Crippen LogP contribution < -0.4 is 146 Å². The summed E-state index contributed by atoms with van der Waals surface area (Å²) in [6, 6.07) is -3.00. The Bertz CT molecular complexity index is 4810. The van der Waals surface area contributed by atoms with E-state index in [1.165, 1.54) is 71.0 Å². The number of thiol groups is 2. The molecule has 798 valence electrons. The minimum absolute atomic E-state index is 0.00189. The molecule has 3 rings (SSSR count). The van der Waals surface area contributed by atoms with Crippen LogP contribution in [0.3, 0.4) is 0 Å². The van der Waals surface area contributed by atoms with Crippen LogP contribution in [-0.2, 0) is 106 Å². The Morgan fingerprint density at radius 3 is 1.08 bits per heavy atom. The molecule has 0 unspecified atom stereocenters. The number of nitrogens with two attached hydrogens (primary N) is 7. The number of aliphatic hydroxyl groups is 1. The van der Waals surface area contributed by atoms with Crippen LogP contribution in [0.25, 0.3) is 0 Å². The van der Waals surface area contributed by atoms with Crippen molar-refractivity contribution in [3.63, 3.8) is 0 Å². The number of carbonyl (C=O) groups excluding carboxylic acids is 16. The van der Waals surface area contributed by atoms with Crippen molar-refractivity contribution in [2.24, 2.45) is 52.0 Å². The molecule has 3 aromatic rings. The Kier molecular flexibility index (Phi) is 57.0. The molecule has 57 heteroatoms. The molecule has 15 atom stereocenters. The molecular formula is C87H140N32O22S3. The molecule has 0 radical (unpaired) electrons. The zero-order chi connectivity index (χ0) is 108. The normalized spacial score (nSPS) is 14.1. The zero-order valence-electron chi connectivity index (χ0n) is 80.5. The van der Waals surface area contributed by atoms with Crippen molar-refractivity contribution in [3.8, 4) is 11.5 Å². The lowest BCUT2D eigenvalue weighted by Crippen LogP contribution is -2.62. The summed E-state index contributed by atoms with van der Waals surface area (Å²) < 4.78 is 5.80. The largest absolute Gasteiger partial charge is 0.508 e. The standard InChI is InChI=1S/C87H140N32O22S3/c1-44(2)66(80(137)110-55(18-11-31-102-85(94)95)73(130)115-62(41-143)78(135)116-61(40-142)77(134)114-60(38-120)76(133)108-54(17-10-30-101-84(92)93)71(128)111-57(82(139)140)20-13-33-104-87(98)99)119-75(132)58(35-48-23-27-51(122)28-24-48)112-72(129)53(16-9-29-100-83(90)91)107-68(125)46(5)106-65(124)37-105-70(127)59(36-64(89)123)113-81(138)67(45(3)4)118-74(131)56(19-12-32-103-86(96)97)109-79(136)63(42-144-43-141-39-49-14-7-6-8-15-49)117-69(126)52(88)34-47-21-25-50(121)26-22-47/h6-8,14-15,21-28,44-46,52-63,66-67,120-122,142-143H,9-13,16-20,29-43,88H2,1-5H3,(H2,89,123)(H,105,127)(H,106,124)(H,107,125)(H,108,133)(H,109,136)(H,110,137)(H,111,128)(H,112,129)(H,113,138)(H,114,134)(H,115,130)(H,116,135)(H,117,126)(H,118,131)(H,119,132)(H,139,140)(H4,90,91,100)(H4,92,93,101)(H4,94,95,102)(H4,96,97,103)(H4,98,99,104)/t46-,52-,53-,54-,55-,56-,57-,58-,59-,60-,61-,62-,63-,66-,67-/m0/s1. The highest BCUT2D eigenvalue weighted by atomic mass is 32.2. The highest BCUT2D eigenvalue weighted by Crippen LogP contribution is 2.18. The lowest BCUT2D eigenvalue weighted by atomic mass is 9.99. The van der Waals surface area contributed by atoms with Crippen LogP contribution in [-0.4, -0.2) is 310 Å². The number of aromatic hydroxyl groups is 2. The van der Waals surface area contributed by atoms with E-state index in [-0.39, 0.29) is 146 Å². The van der Waals surface area contributed by atoms with Crippen LogP contribution in [0.5, 0.6) is 11.5 Å². The van der Waals surface area contributed by atoms with Crippen molar-refractivity contribution in [2.45, 2.75) is 215 Å². The average Bonchev–Trinajstić information content (AvgIpc) is 0.834. The topological polar surface area (TPSA) is 922 Å². The molecule has 16 amide bonds. The summed E-state index contributed by atoms with van der Waals surface area (Å²) in [4.78, 5) is 237. The van der Waals surface area contributed by atoms with E-state index >= 15 is 0 Å². The molecule has 54 nitrogen and oxygen atoms in total. The summed E-state index contributed by atoms with van der Waals surface area (Å²) in [6.45, 7) is 5.42. The van der Waals surface area contributed by atoms with Gasteiger partial charge in [-0.25, -0.2) is 4.79 Å². The maximum absolute atomic E-state index is 14.9. The minimum Gasteiger partial charge on any atom is -0.508 e. The molecule has 3 aromatic carbocycles. The van der Waals surface area contributed by atoms with Crippen molar-refractivity contribution in [1.82, 2.24) is 106 Å². The minimum atomic E-state index is -1.84. The lowest BCUT2D eigenvalue weighted by Gasteiger charge is -2.29. The fourth-order valence-corrected chi connectivity index (χ4v) is 14.7. The highest BCUT2D eigenvalue weighted by Gasteiger charge is 2.39. The van der Waals surface area contributed by atoms with Gasteiger partial charge in [0, 0.05) is 56.4 Å². The Morgan fingerprint density at radius 1 is 0.361 bits per heavy atom. The Hall–Kier alpha value is -14.5. The zero-order valence-corrected chi connectivity index (χ0v) is 83.1. The van der Waals surface area contributed by atoms with E-state index in [1.54, 1.807) is 12.1 Å². The third-order valence-corrected chi connectivity index (χ3v) is 22.8. The van der Waals surface area contributed by atoms with Crippen LogP contribution in [0.4, 0.5) is 0 Å². The summed E-state index contributed by atoms with van der Waals surface area (Å²) in [6.07, 6.45) is -2.03. The summed E-state index contributed by atoms with van der Waals surface area (Å²) in [5.41, 5.74) is 40.9. The van der Waals surface area contributed by atoms with Crippen LogP contribution in [0, 0.1) is 38.9 Å². The van der Waals surface area contributed by atoms with E-state index in [0.29, 0.717) is 11.1 Å². The average molecular weight is 2080 g/mol. The third-order valence-electron chi connectivity index (χ3n) is 21.2. The molecule has 144 heavy (non-hydrogen) atoms. The number of amides is 16. The first-order valence-electron chi connectivity index (χ1n) is 45.8. The number of benzene rings is 3. The van der Waals surface area contributed by atoms with Gasteiger partial charge in [-0.15, -0.1) is 11.8 Å². The number of guanidine groups is 5. The number of carboxylic acids is 1. The number of aliphatic carboxylic acids is 1. The number of ether oxygens (including phenoxy) is 1. The quantitative estimate of drug-likeness (QED) is 0.00820. The summed E-state index contributed by atoms with van der Waals surface area (Å²) in [7, 11) is 0. The maximum Gasteiger partial charge on any atom is 0.326 e. The first-order valence-corrected chi connectivity index (χ1v) is 48.2. The van der Waals surface area contributed by atoms with Crippen LogP contribution in [0.15, 0.2) is 78.9 Å². The Balaban J connectivity index is 1.88. The second kappa shape index (κ2) is 66.3. The molecular weight excluding hydrogens is 1940 g/mol. The van der Waals surface area contributed by atoms with Crippen LogP contribution in [0.2, 0.25) is 0 Å². The van der Waals surface area contributed by atoms with Gasteiger partial charge in [0.25, 0.3) is 0 Å². The van der Waals surface area contributed by atoms with E-state index in [1.807, 2.05) is 30.3 Å². The fourth-order valence-electron chi connectivity index (χ4n) is 13.4. The smallest absolute Gasteiger partial charge is 0.326 e. The number of hydrogen-bond acceptors (Lipinski definition) is 30. The van der Waals surface area contributed by atoms with Gasteiger partial charge in [0.15, 0.2) is 29.8 Å². The molecule has 0 aliphatic rings. The van der Waals surface area contributed by atoms with Crippen LogP contribution >= 0.6 is 37.0 Å². The fraction of sp³-hybridized carbons (Fsp3) is 0.540. The first-order chi connectivity index (χ1) is 68.1. The van der Waals surface area contributed by atoms with Crippen molar-refractivity contribution in [1.29, 1.82) is 27.0 Å². The molecule has 0 aliphatic heterocycles. The van der Waals surface area contributed by atoms with Crippen LogP contribution in [0.1, 0.15) is 122 Å². The van der Waals surface area contributed by atoms with Gasteiger partial charge in [-0.2, -0.15) is 25.3 Å². The van der Waals surface area contributed by atoms with Gasteiger partial charge in [0.1, 0.15) is 96.1 Å². The van der Waals surface area contributed by atoms with Crippen molar-refractivity contribution >= 4 is 167 Å². The number of carbonyl (C=O) groups is 17. The molecule has 0 aromatic heterocycles. The third kappa shape index (κ3) is 49.3.